The monoisotopic (exact) mass is 340 g/mol. The van der Waals surface area contributed by atoms with Crippen LogP contribution in [0.5, 0.6) is 0 Å². The fourth-order valence-electron chi connectivity index (χ4n) is 2.48. The number of benzene rings is 1. The number of hydrogen-bond acceptors (Lipinski definition) is 5. The van der Waals surface area contributed by atoms with E-state index >= 15 is 0 Å². The Morgan fingerprint density at radius 3 is 2.71 bits per heavy atom. The Morgan fingerprint density at radius 2 is 2.00 bits per heavy atom. The number of nitrogens with one attached hydrogen (secondary N) is 1. The van der Waals surface area contributed by atoms with Crippen LogP contribution in [-0.4, -0.2) is 16.8 Å². The molecule has 0 bridgehead atoms. The maximum absolute atomic E-state index is 12.5. The smallest absolute Gasteiger partial charge is 0.237 e. The number of nitrogen functional groups attached to an aromatic ring is 1. The predicted molar refractivity (Wildman–Crippen MR) is 94.3 cm³/mol. The molecule has 0 fully saturated rings. The fraction of sp³-hybridized carbons (Fsp3) is 0.118. The quantitative estimate of drug-likeness (QED) is 0.615. The number of rotatable bonds is 5. The second-order valence-corrected chi connectivity index (χ2v) is 6.24. The van der Waals surface area contributed by atoms with Crippen molar-refractivity contribution in [2.45, 2.75) is 12.5 Å². The van der Waals surface area contributed by atoms with Gasteiger partial charge in [0, 0.05) is 17.4 Å². The maximum Gasteiger partial charge on any atom is 0.237 e. The molecule has 6 nitrogen and oxygen atoms in total. The minimum Gasteiger partial charge on any atom is -0.384 e. The van der Waals surface area contributed by atoms with Crippen LogP contribution in [0.2, 0.25) is 0 Å². The van der Waals surface area contributed by atoms with Gasteiger partial charge in [0.15, 0.2) is 0 Å². The van der Waals surface area contributed by atoms with Gasteiger partial charge in [-0.1, -0.05) is 24.3 Å². The summed E-state index contributed by atoms with van der Waals surface area (Å²) in [4.78, 5) is 28.4. The SMILES string of the molecule is NC(=O)[C@@H](C(=O)NCc1ccc(N)nc1)c1csc2ccccc12. The highest BCUT2D eigenvalue weighted by atomic mass is 32.1. The number of nitrogens with zero attached hydrogens (tertiary/aromatic N) is 1. The molecule has 0 saturated carbocycles. The van der Waals surface area contributed by atoms with Crippen LogP contribution in [0.15, 0.2) is 48.0 Å². The lowest BCUT2D eigenvalue weighted by molar-refractivity contribution is -0.130. The van der Waals surface area contributed by atoms with Crippen LogP contribution in [0.1, 0.15) is 17.0 Å². The first kappa shape index (κ1) is 15.9. The number of thiophene rings is 1. The molecule has 2 heterocycles. The van der Waals surface area contributed by atoms with Crippen molar-refractivity contribution >= 4 is 39.1 Å². The van der Waals surface area contributed by atoms with Crippen LogP contribution in [0, 0.1) is 0 Å². The van der Waals surface area contributed by atoms with Gasteiger partial charge in [-0.25, -0.2) is 4.98 Å². The Hall–Kier alpha value is -2.93. The zero-order chi connectivity index (χ0) is 17.1. The molecule has 122 valence electrons. The van der Waals surface area contributed by atoms with Crippen molar-refractivity contribution in [1.82, 2.24) is 10.3 Å². The number of carbonyl (C=O) groups is 2. The molecule has 2 aromatic heterocycles. The lowest BCUT2D eigenvalue weighted by Crippen LogP contribution is -2.36. The number of hydrogen-bond donors (Lipinski definition) is 3. The van der Waals surface area contributed by atoms with Gasteiger partial charge in [0.1, 0.15) is 11.7 Å². The third-order valence-corrected chi connectivity index (χ3v) is 4.66. The van der Waals surface area contributed by atoms with Gasteiger partial charge in [-0.2, -0.15) is 0 Å². The molecular formula is C17H16N4O2S. The Kier molecular flexibility index (Phi) is 4.43. The van der Waals surface area contributed by atoms with Crippen molar-refractivity contribution in [1.29, 1.82) is 0 Å². The van der Waals surface area contributed by atoms with E-state index < -0.39 is 17.7 Å². The van der Waals surface area contributed by atoms with E-state index in [0.717, 1.165) is 15.6 Å². The number of primary amides is 1. The fourth-order valence-corrected chi connectivity index (χ4v) is 3.46. The summed E-state index contributed by atoms with van der Waals surface area (Å²) in [5, 5.41) is 5.42. The summed E-state index contributed by atoms with van der Waals surface area (Å²) in [6.45, 7) is 0.248. The van der Waals surface area contributed by atoms with Gasteiger partial charge in [-0.3, -0.25) is 9.59 Å². The lowest BCUT2D eigenvalue weighted by atomic mass is 9.97. The van der Waals surface area contributed by atoms with Crippen molar-refractivity contribution in [3.05, 3.63) is 59.1 Å². The molecule has 1 atom stereocenters. The molecule has 7 heteroatoms. The summed E-state index contributed by atoms with van der Waals surface area (Å²) in [5.74, 6) is -1.72. The van der Waals surface area contributed by atoms with Crippen molar-refractivity contribution in [3.63, 3.8) is 0 Å². The number of aromatic nitrogens is 1. The van der Waals surface area contributed by atoms with Crippen LogP contribution in [-0.2, 0) is 16.1 Å². The number of carbonyl (C=O) groups excluding carboxylic acids is 2. The summed E-state index contributed by atoms with van der Waals surface area (Å²) in [6.07, 6.45) is 1.58. The van der Waals surface area contributed by atoms with Gasteiger partial charge in [0.2, 0.25) is 11.8 Å². The van der Waals surface area contributed by atoms with E-state index in [4.69, 9.17) is 11.5 Å². The molecule has 3 rings (SSSR count). The normalized spacial score (nSPS) is 12.0. The maximum atomic E-state index is 12.5. The first-order valence-corrected chi connectivity index (χ1v) is 8.18. The molecular weight excluding hydrogens is 324 g/mol. The van der Waals surface area contributed by atoms with E-state index in [-0.39, 0.29) is 6.54 Å². The van der Waals surface area contributed by atoms with Gasteiger partial charge in [-0.15, -0.1) is 11.3 Å². The largest absolute Gasteiger partial charge is 0.384 e. The molecule has 0 radical (unpaired) electrons. The highest BCUT2D eigenvalue weighted by Gasteiger charge is 2.28. The molecule has 1 aromatic carbocycles. The van der Waals surface area contributed by atoms with E-state index in [0.29, 0.717) is 11.4 Å². The molecule has 0 aliphatic heterocycles. The minimum atomic E-state index is -1.03. The molecule has 2 amide bonds. The number of fused-ring (bicyclic) bond motifs is 1. The first-order chi connectivity index (χ1) is 11.6. The van der Waals surface area contributed by atoms with E-state index in [1.165, 1.54) is 11.3 Å². The van der Waals surface area contributed by atoms with Crippen LogP contribution in [0.3, 0.4) is 0 Å². The zero-order valence-corrected chi connectivity index (χ0v) is 13.5. The van der Waals surface area contributed by atoms with Crippen LogP contribution in [0.25, 0.3) is 10.1 Å². The zero-order valence-electron chi connectivity index (χ0n) is 12.7. The number of amides is 2. The Balaban J connectivity index is 1.81. The Morgan fingerprint density at radius 1 is 1.21 bits per heavy atom. The van der Waals surface area contributed by atoms with Crippen molar-refractivity contribution < 1.29 is 9.59 Å². The van der Waals surface area contributed by atoms with E-state index in [9.17, 15) is 9.59 Å². The second kappa shape index (κ2) is 6.67. The Bertz CT molecular complexity index is 889. The lowest BCUT2D eigenvalue weighted by Gasteiger charge is -2.13. The van der Waals surface area contributed by atoms with E-state index in [2.05, 4.69) is 10.3 Å². The molecule has 3 aromatic rings. The third-order valence-electron chi connectivity index (χ3n) is 3.68. The van der Waals surface area contributed by atoms with E-state index in [1.807, 2.05) is 29.6 Å². The predicted octanol–water partition coefficient (Wildman–Crippen LogP) is 1.76. The second-order valence-electron chi connectivity index (χ2n) is 5.33. The Labute approximate surface area is 142 Å². The van der Waals surface area contributed by atoms with Crippen LogP contribution in [0.4, 0.5) is 5.82 Å². The molecule has 0 unspecified atom stereocenters. The molecule has 0 aliphatic carbocycles. The van der Waals surface area contributed by atoms with Crippen molar-refractivity contribution in [3.8, 4) is 0 Å². The van der Waals surface area contributed by atoms with Crippen molar-refractivity contribution in [2.75, 3.05) is 5.73 Å². The molecule has 0 saturated heterocycles. The summed E-state index contributed by atoms with van der Waals surface area (Å²) in [5.41, 5.74) is 12.4. The third kappa shape index (κ3) is 3.21. The van der Waals surface area contributed by atoms with Crippen molar-refractivity contribution in [2.24, 2.45) is 5.73 Å². The number of anilines is 1. The van der Waals surface area contributed by atoms with Gasteiger partial charge in [0.05, 0.1) is 0 Å². The number of pyridine rings is 1. The molecule has 0 spiro atoms. The summed E-state index contributed by atoms with van der Waals surface area (Å²) in [7, 11) is 0. The first-order valence-electron chi connectivity index (χ1n) is 7.30. The van der Waals surface area contributed by atoms with Gasteiger partial charge in [0.25, 0.3) is 0 Å². The van der Waals surface area contributed by atoms with Crippen LogP contribution >= 0.6 is 11.3 Å². The summed E-state index contributed by atoms with van der Waals surface area (Å²) >= 11 is 1.48. The highest BCUT2D eigenvalue weighted by molar-refractivity contribution is 7.17. The molecule has 5 N–H and O–H groups in total. The van der Waals surface area contributed by atoms with Crippen LogP contribution < -0.4 is 16.8 Å². The van der Waals surface area contributed by atoms with Gasteiger partial charge in [-0.05, 0) is 34.0 Å². The topological polar surface area (TPSA) is 111 Å². The summed E-state index contributed by atoms with van der Waals surface area (Å²) < 4.78 is 1.01. The summed E-state index contributed by atoms with van der Waals surface area (Å²) in [6, 6.07) is 11.0. The molecule has 0 aliphatic rings. The van der Waals surface area contributed by atoms with Gasteiger partial charge >= 0.3 is 0 Å². The van der Waals surface area contributed by atoms with E-state index in [1.54, 1.807) is 18.3 Å². The average molecular weight is 340 g/mol. The minimum absolute atomic E-state index is 0.248. The molecule has 24 heavy (non-hydrogen) atoms. The van der Waals surface area contributed by atoms with Gasteiger partial charge < -0.3 is 16.8 Å². The highest BCUT2D eigenvalue weighted by Crippen LogP contribution is 2.31. The average Bonchev–Trinajstić information content (AvgIpc) is 2.98. The standard InChI is InChI=1S/C17H16N4O2S/c18-14-6-5-10(7-20-14)8-21-17(23)15(16(19)22)12-9-24-13-4-2-1-3-11(12)13/h1-7,9,15H,8H2,(H2,18,20)(H2,19,22)(H,21,23)/t15-/m0/s1. The number of nitrogens with two attached hydrogens (primary N) is 2.